The van der Waals surface area contributed by atoms with Crippen molar-refractivity contribution in [1.29, 1.82) is 0 Å². The minimum absolute atomic E-state index is 0.0598. The Morgan fingerprint density at radius 1 is 1.39 bits per heavy atom. The number of nitrogens with one attached hydrogen (secondary N) is 1. The molecule has 2 heterocycles. The van der Waals surface area contributed by atoms with Gasteiger partial charge >= 0.3 is 5.95 Å². The lowest BCUT2D eigenvalue weighted by molar-refractivity contribution is 0.326. The van der Waals surface area contributed by atoms with Crippen molar-refractivity contribution in [3.05, 3.63) is 11.8 Å². The number of hydrogen-bond donors (Lipinski definition) is 1. The molecular weight excluding hydrogens is 272 g/mol. The molecule has 0 aliphatic carbocycles. The second-order valence-electron chi connectivity index (χ2n) is 4.60. The molecule has 0 saturated carbocycles. The SMILES string of the molecule is CSc1nn[nH]c1SOc1cc(C(C)(C)C)no1. The monoisotopic (exact) mass is 286 g/mol. The fraction of sp³-hybridized carbons (Fsp3) is 0.500. The Hall–Kier alpha value is -1.15. The van der Waals surface area contributed by atoms with Crippen LogP contribution in [0.15, 0.2) is 20.6 Å². The van der Waals surface area contributed by atoms with Crippen LogP contribution in [-0.4, -0.2) is 26.8 Å². The molecule has 2 rings (SSSR count). The maximum atomic E-state index is 5.43. The van der Waals surface area contributed by atoms with Gasteiger partial charge in [0.1, 0.15) is 12.0 Å². The van der Waals surface area contributed by atoms with E-state index in [1.807, 2.05) is 6.26 Å². The van der Waals surface area contributed by atoms with Crippen LogP contribution in [-0.2, 0) is 5.41 Å². The van der Waals surface area contributed by atoms with Gasteiger partial charge in [0.15, 0.2) is 10.1 Å². The van der Waals surface area contributed by atoms with Gasteiger partial charge in [0.25, 0.3) is 0 Å². The van der Waals surface area contributed by atoms with Gasteiger partial charge in [-0.3, -0.25) is 0 Å². The van der Waals surface area contributed by atoms with Crippen LogP contribution in [0.3, 0.4) is 0 Å². The molecule has 0 saturated heterocycles. The van der Waals surface area contributed by atoms with Gasteiger partial charge in [0, 0.05) is 11.5 Å². The van der Waals surface area contributed by atoms with Crippen molar-refractivity contribution in [2.75, 3.05) is 6.26 Å². The third kappa shape index (κ3) is 2.99. The van der Waals surface area contributed by atoms with E-state index in [1.54, 1.807) is 6.07 Å². The van der Waals surface area contributed by atoms with Crippen LogP contribution in [0.1, 0.15) is 26.5 Å². The molecule has 0 aliphatic rings. The van der Waals surface area contributed by atoms with Crippen molar-refractivity contribution in [3.63, 3.8) is 0 Å². The number of aromatic amines is 1. The van der Waals surface area contributed by atoms with Gasteiger partial charge < -0.3 is 8.71 Å². The topological polar surface area (TPSA) is 76.8 Å². The van der Waals surface area contributed by atoms with Crippen LogP contribution < -0.4 is 4.18 Å². The predicted octanol–water partition coefficient (Wildman–Crippen LogP) is 2.90. The number of rotatable bonds is 4. The Balaban J connectivity index is 2.01. The zero-order chi connectivity index (χ0) is 13.2. The van der Waals surface area contributed by atoms with E-state index in [0.717, 1.165) is 27.8 Å². The van der Waals surface area contributed by atoms with E-state index < -0.39 is 0 Å². The Bertz CT molecular complexity index is 518. The van der Waals surface area contributed by atoms with Crippen molar-refractivity contribution in [2.24, 2.45) is 0 Å². The summed E-state index contributed by atoms with van der Waals surface area (Å²) < 4.78 is 10.5. The molecule has 0 unspecified atom stereocenters. The number of nitrogens with zero attached hydrogens (tertiary/aromatic N) is 3. The summed E-state index contributed by atoms with van der Waals surface area (Å²) in [6, 6.07) is 1.79. The molecule has 0 aliphatic heterocycles. The molecule has 0 atom stereocenters. The summed E-state index contributed by atoms with van der Waals surface area (Å²) in [6.07, 6.45) is 1.92. The molecule has 0 aromatic carbocycles. The van der Waals surface area contributed by atoms with E-state index in [9.17, 15) is 0 Å². The van der Waals surface area contributed by atoms with Gasteiger partial charge in [-0.2, -0.15) is 0 Å². The van der Waals surface area contributed by atoms with Crippen molar-refractivity contribution in [2.45, 2.75) is 36.2 Å². The molecule has 18 heavy (non-hydrogen) atoms. The fourth-order valence-electron chi connectivity index (χ4n) is 1.13. The number of aromatic nitrogens is 4. The fourth-order valence-corrected chi connectivity index (χ4v) is 2.27. The van der Waals surface area contributed by atoms with Crippen LogP contribution in [0.5, 0.6) is 5.95 Å². The lowest BCUT2D eigenvalue weighted by atomic mass is 9.93. The average Bonchev–Trinajstić information content (AvgIpc) is 2.94. The molecular formula is C10H14N4O2S2. The molecule has 0 spiro atoms. The first-order chi connectivity index (χ1) is 8.50. The van der Waals surface area contributed by atoms with Gasteiger partial charge in [0.2, 0.25) is 0 Å². The first kappa shape index (κ1) is 13.3. The molecule has 2 aromatic heterocycles. The van der Waals surface area contributed by atoms with E-state index >= 15 is 0 Å². The first-order valence-electron chi connectivity index (χ1n) is 5.27. The second-order valence-corrected chi connectivity index (χ2v) is 6.13. The highest BCUT2D eigenvalue weighted by Crippen LogP contribution is 2.30. The largest absolute Gasteiger partial charge is 0.382 e. The molecule has 2 aromatic rings. The molecule has 8 heteroatoms. The molecule has 0 fully saturated rings. The van der Waals surface area contributed by atoms with E-state index in [4.69, 9.17) is 8.71 Å². The number of H-pyrrole nitrogens is 1. The van der Waals surface area contributed by atoms with Crippen molar-refractivity contribution >= 4 is 23.8 Å². The van der Waals surface area contributed by atoms with Crippen LogP contribution in [0, 0.1) is 0 Å². The predicted molar refractivity (Wildman–Crippen MR) is 69.9 cm³/mol. The Morgan fingerprint density at radius 3 is 2.78 bits per heavy atom. The summed E-state index contributed by atoms with van der Waals surface area (Å²) in [5.74, 6) is 0.367. The quantitative estimate of drug-likeness (QED) is 0.684. The highest BCUT2D eigenvalue weighted by Gasteiger charge is 2.20. The summed E-state index contributed by atoms with van der Waals surface area (Å²) >= 11 is 2.61. The Labute approximate surface area is 113 Å². The van der Waals surface area contributed by atoms with E-state index in [0.29, 0.717) is 5.95 Å². The number of thioether (sulfide) groups is 1. The lowest BCUT2D eigenvalue weighted by Gasteiger charge is -2.12. The average molecular weight is 286 g/mol. The van der Waals surface area contributed by atoms with Gasteiger partial charge in [-0.15, -0.1) is 16.9 Å². The standard InChI is InChI=1S/C10H14N4O2S2/c1-10(2,3)6-5-7(15-13-6)16-18-9-8(17-4)11-14-12-9/h5H,1-4H3,(H,11,12,14). The van der Waals surface area contributed by atoms with Crippen LogP contribution in [0.4, 0.5) is 0 Å². The Morgan fingerprint density at radius 2 is 2.17 bits per heavy atom. The summed E-state index contributed by atoms with van der Waals surface area (Å²) in [7, 11) is 0. The summed E-state index contributed by atoms with van der Waals surface area (Å²) in [5.41, 5.74) is 0.793. The van der Waals surface area contributed by atoms with Crippen molar-refractivity contribution in [1.82, 2.24) is 20.6 Å². The van der Waals surface area contributed by atoms with Crippen LogP contribution in [0.25, 0.3) is 0 Å². The molecule has 0 bridgehead atoms. The summed E-state index contributed by atoms with van der Waals surface area (Å²) in [5, 5.41) is 15.9. The molecule has 0 amide bonds. The third-order valence-corrected chi connectivity index (χ3v) is 3.64. The minimum atomic E-state index is -0.0598. The lowest BCUT2D eigenvalue weighted by Crippen LogP contribution is -2.10. The Kier molecular flexibility index (Phi) is 3.86. The first-order valence-corrected chi connectivity index (χ1v) is 7.24. The molecule has 1 N–H and O–H groups in total. The maximum absolute atomic E-state index is 5.43. The zero-order valence-corrected chi connectivity index (χ0v) is 12.2. The highest BCUT2D eigenvalue weighted by atomic mass is 32.2. The van der Waals surface area contributed by atoms with Crippen LogP contribution in [0.2, 0.25) is 0 Å². The molecule has 6 nitrogen and oxygen atoms in total. The van der Waals surface area contributed by atoms with Gasteiger partial charge in [-0.05, 0) is 6.26 Å². The maximum Gasteiger partial charge on any atom is 0.323 e. The summed E-state index contributed by atoms with van der Waals surface area (Å²) in [4.78, 5) is 0. The zero-order valence-electron chi connectivity index (χ0n) is 10.6. The second kappa shape index (κ2) is 5.23. The molecule has 98 valence electrons. The molecule has 0 radical (unpaired) electrons. The number of hydrogen-bond acceptors (Lipinski definition) is 7. The van der Waals surface area contributed by atoms with Gasteiger partial charge in [-0.25, -0.2) is 5.10 Å². The van der Waals surface area contributed by atoms with Gasteiger partial charge in [-0.1, -0.05) is 31.1 Å². The van der Waals surface area contributed by atoms with Crippen LogP contribution >= 0.6 is 23.8 Å². The van der Waals surface area contributed by atoms with Gasteiger partial charge in [0.05, 0.1) is 5.69 Å². The highest BCUT2D eigenvalue weighted by molar-refractivity contribution is 8.00. The minimum Gasteiger partial charge on any atom is -0.382 e. The smallest absolute Gasteiger partial charge is 0.323 e. The van der Waals surface area contributed by atoms with E-state index in [1.165, 1.54) is 11.8 Å². The van der Waals surface area contributed by atoms with Crippen molar-refractivity contribution in [3.8, 4) is 5.95 Å². The van der Waals surface area contributed by atoms with E-state index in [-0.39, 0.29) is 5.41 Å². The van der Waals surface area contributed by atoms with Crippen molar-refractivity contribution < 1.29 is 8.71 Å². The normalized spacial score (nSPS) is 11.8. The van der Waals surface area contributed by atoms with E-state index in [2.05, 4.69) is 41.3 Å². The summed E-state index contributed by atoms with van der Waals surface area (Å²) in [6.45, 7) is 6.19. The third-order valence-electron chi connectivity index (χ3n) is 2.14.